The molecule has 0 saturated heterocycles. The van der Waals surface area contributed by atoms with Crippen molar-refractivity contribution < 1.29 is 19.7 Å². The van der Waals surface area contributed by atoms with Gasteiger partial charge in [0.15, 0.2) is 0 Å². The van der Waals surface area contributed by atoms with Gasteiger partial charge in [0.25, 0.3) is 0 Å². The van der Waals surface area contributed by atoms with E-state index in [2.05, 4.69) is 243 Å². The van der Waals surface area contributed by atoms with Gasteiger partial charge in [-0.05, 0) is 168 Å². The average Bonchev–Trinajstić information content (AvgIpc) is 3.57. The zero-order valence-corrected chi connectivity index (χ0v) is 41.6. The molecule has 0 amide bonds. The van der Waals surface area contributed by atoms with Crippen LogP contribution in [0.3, 0.4) is 0 Å². The standard InChI is InChI=1S/C72H50O4/c73-33-35-75-71-67(63-37-45-17-1-5-21-51(45)55-25-9-13-29-59(55)63)41-49(42-68(71)64-38-46-18-2-6-22-52(46)56-26-10-14-30-60(56)64)50-43-69(65-39-47-19-3-7-23-53(47)57-27-11-15-31-61(57)65)72(76-36-34-74)70(44-50)66-40-48-20-4-8-24-54(48)58-28-12-16-32-62(58)66/h1-32,37-44,73-74H,33-36H2. The number of hydrogen-bond donors (Lipinski definition) is 2. The maximum atomic E-state index is 10.6. The maximum Gasteiger partial charge on any atom is 0.135 e. The minimum absolute atomic E-state index is 0.103. The number of benzene rings is 14. The summed E-state index contributed by atoms with van der Waals surface area (Å²) in [5.74, 6) is 1.39. The Morgan fingerprint density at radius 1 is 0.224 bits per heavy atom. The lowest BCUT2D eigenvalue weighted by molar-refractivity contribution is 0.202. The number of ether oxygens (including phenoxy) is 2. The van der Waals surface area contributed by atoms with Gasteiger partial charge in [0.05, 0.1) is 13.2 Å². The molecule has 0 aliphatic carbocycles. The highest BCUT2D eigenvalue weighted by atomic mass is 16.5. The van der Waals surface area contributed by atoms with Crippen molar-refractivity contribution in [2.75, 3.05) is 26.4 Å². The van der Waals surface area contributed by atoms with Crippen molar-refractivity contribution in [3.8, 4) is 67.1 Å². The summed E-state index contributed by atoms with van der Waals surface area (Å²) in [7, 11) is 0. The molecule has 4 heteroatoms. The molecule has 2 N–H and O–H groups in total. The Morgan fingerprint density at radius 2 is 0.434 bits per heavy atom. The summed E-state index contributed by atoms with van der Waals surface area (Å²) in [5.41, 5.74) is 9.71. The van der Waals surface area contributed by atoms with Crippen LogP contribution in [0.1, 0.15) is 0 Å². The van der Waals surface area contributed by atoms with Crippen LogP contribution in [-0.4, -0.2) is 36.6 Å². The fourth-order valence-corrected chi connectivity index (χ4v) is 12.1. The molecule has 0 bridgehead atoms. The number of aliphatic hydroxyl groups is 2. The van der Waals surface area contributed by atoms with Gasteiger partial charge in [-0.2, -0.15) is 0 Å². The molecule has 0 fully saturated rings. The first-order valence-corrected chi connectivity index (χ1v) is 26.1. The fraction of sp³-hybridized carbons (Fsp3) is 0.0556. The highest BCUT2D eigenvalue weighted by Crippen LogP contribution is 2.52. The molecule has 0 heterocycles. The van der Waals surface area contributed by atoms with Gasteiger partial charge in [0.2, 0.25) is 0 Å². The zero-order chi connectivity index (χ0) is 50.7. The van der Waals surface area contributed by atoms with Crippen LogP contribution in [0.25, 0.3) is 142 Å². The molecule has 0 radical (unpaired) electrons. The van der Waals surface area contributed by atoms with Gasteiger partial charge in [-0.1, -0.05) is 194 Å². The van der Waals surface area contributed by atoms with E-state index in [1.165, 1.54) is 21.5 Å². The predicted octanol–water partition coefficient (Wildman–Crippen LogP) is 18.0. The highest BCUT2D eigenvalue weighted by Gasteiger charge is 2.26. The molecule has 14 aromatic carbocycles. The molecule has 0 aliphatic heterocycles. The largest absolute Gasteiger partial charge is 0.490 e. The normalized spacial score (nSPS) is 11.8. The molecule has 0 aromatic heterocycles. The third-order valence-corrected chi connectivity index (χ3v) is 15.4. The molecule has 4 nitrogen and oxygen atoms in total. The van der Waals surface area contributed by atoms with Crippen molar-refractivity contribution in [3.05, 3.63) is 243 Å². The number of rotatable bonds is 11. The van der Waals surface area contributed by atoms with Crippen molar-refractivity contribution in [2.45, 2.75) is 0 Å². The highest BCUT2D eigenvalue weighted by molar-refractivity contribution is 6.20. The zero-order valence-electron chi connectivity index (χ0n) is 41.6. The summed E-state index contributed by atoms with van der Waals surface area (Å²) < 4.78 is 13.9. The van der Waals surface area contributed by atoms with Gasteiger partial charge in [-0.15, -0.1) is 0 Å². The molecule has 362 valence electrons. The lowest BCUT2D eigenvalue weighted by atomic mass is 9.84. The third kappa shape index (κ3) is 7.53. The van der Waals surface area contributed by atoms with Crippen LogP contribution < -0.4 is 9.47 Å². The van der Waals surface area contributed by atoms with E-state index >= 15 is 0 Å². The minimum atomic E-state index is -0.154. The molecule has 0 spiro atoms. The van der Waals surface area contributed by atoms with Crippen LogP contribution in [0.15, 0.2) is 243 Å². The van der Waals surface area contributed by atoms with Crippen LogP contribution in [0.2, 0.25) is 0 Å². The molecule has 14 aromatic rings. The van der Waals surface area contributed by atoms with E-state index in [0.29, 0.717) is 11.5 Å². The average molecular weight is 979 g/mol. The molecule has 0 aliphatic rings. The number of fused-ring (bicyclic) bond motifs is 12. The van der Waals surface area contributed by atoms with E-state index in [-0.39, 0.29) is 26.4 Å². The fourth-order valence-electron chi connectivity index (χ4n) is 12.1. The Morgan fingerprint density at radius 3 is 0.671 bits per heavy atom. The Kier molecular flexibility index (Phi) is 11.2. The monoisotopic (exact) mass is 978 g/mol. The third-order valence-electron chi connectivity index (χ3n) is 15.4. The van der Waals surface area contributed by atoms with Gasteiger partial charge in [0.1, 0.15) is 24.7 Å². The quantitative estimate of drug-likeness (QED) is 0.127. The van der Waals surface area contributed by atoms with Crippen molar-refractivity contribution in [1.29, 1.82) is 0 Å². The van der Waals surface area contributed by atoms with Crippen molar-refractivity contribution in [1.82, 2.24) is 0 Å². The second kappa shape index (κ2) is 18.9. The predicted molar refractivity (Wildman–Crippen MR) is 319 cm³/mol. The lowest BCUT2D eigenvalue weighted by Crippen LogP contribution is -2.06. The first-order valence-electron chi connectivity index (χ1n) is 26.1. The summed E-state index contributed by atoms with van der Waals surface area (Å²) in [5, 5.41) is 39.4. The first-order chi connectivity index (χ1) is 37.6. The van der Waals surface area contributed by atoms with Crippen LogP contribution in [0.5, 0.6) is 11.5 Å². The number of hydrogen-bond acceptors (Lipinski definition) is 4. The van der Waals surface area contributed by atoms with E-state index in [4.69, 9.17) is 9.47 Å². The second-order valence-electron chi connectivity index (χ2n) is 19.7. The number of aliphatic hydroxyl groups excluding tert-OH is 2. The molecule has 0 unspecified atom stereocenters. The van der Waals surface area contributed by atoms with E-state index in [1.807, 2.05) is 0 Å². The summed E-state index contributed by atoms with van der Waals surface area (Å²) in [6, 6.07) is 87.4. The van der Waals surface area contributed by atoms with E-state index < -0.39 is 0 Å². The van der Waals surface area contributed by atoms with Crippen molar-refractivity contribution in [2.24, 2.45) is 0 Å². The van der Waals surface area contributed by atoms with Crippen molar-refractivity contribution in [3.63, 3.8) is 0 Å². The molecule has 14 rings (SSSR count). The topological polar surface area (TPSA) is 58.9 Å². The summed E-state index contributed by atoms with van der Waals surface area (Å²) in [4.78, 5) is 0. The molecule has 0 saturated carbocycles. The van der Waals surface area contributed by atoms with Gasteiger partial charge in [-0.3, -0.25) is 0 Å². The van der Waals surface area contributed by atoms with Crippen LogP contribution in [0.4, 0.5) is 0 Å². The molecular formula is C72H50O4. The van der Waals surface area contributed by atoms with E-state index in [0.717, 1.165) is 120 Å². The van der Waals surface area contributed by atoms with Crippen LogP contribution in [-0.2, 0) is 0 Å². The van der Waals surface area contributed by atoms with Crippen LogP contribution in [0, 0.1) is 0 Å². The van der Waals surface area contributed by atoms with Gasteiger partial charge >= 0.3 is 0 Å². The Bertz CT molecular complexity index is 4050. The lowest BCUT2D eigenvalue weighted by Gasteiger charge is -2.24. The van der Waals surface area contributed by atoms with E-state index in [9.17, 15) is 10.2 Å². The van der Waals surface area contributed by atoms with Gasteiger partial charge < -0.3 is 19.7 Å². The smallest absolute Gasteiger partial charge is 0.135 e. The SMILES string of the molecule is OCCOc1c(-c2cc3ccccc3c3ccccc23)cc(-c2cc(-c3cc4ccccc4c4ccccc34)c(OCCO)c(-c3cc4ccccc4c4ccccc34)c2)cc1-c1cc2ccccc2c2ccccc12. The summed E-state index contributed by atoms with van der Waals surface area (Å²) in [6.07, 6.45) is 0. The molecule has 76 heavy (non-hydrogen) atoms. The van der Waals surface area contributed by atoms with Crippen molar-refractivity contribution >= 4 is 86.2 Å². The minimum Gasteiger partial charge on any atom is -0.490 e. The van der Waals surface area contributed by atoms with E-state index in [1.54, 1.807) is 0 Å². The van der Waals surface area contributed by atoms with Gasteiger partial charge in [-0.25, -0.2) is 0 Å². The maximum absolute atomic E-state index is 10.6. The molecule has 0 atom stereocenters. The first kappa shape index (κ1) is 45.3. The second-order valence-corrected chi connectivity index (χ2v) is 19.7. The summed E-state index contributed by atoms with van der Waals surface area (Å²) in [6.45, 7) is -0.102. The molecular weight excluding hydrogens is 929 g/mol. The summed E-state index contributed by atoms with van der Waals surface area (Å²) >= 11 is 0. The Balaban J connectivity index is 1.16. The Hall–Kier alpha value is -9.32. The van der Waals surface area contributed by atoms with Crippen LogP contribution >= 0.6 is 0 Å². The Labute approximate surface area is 439 Å². The van der Waals surface area contributed by atoms with Gasteiger partial charge in [0, 0.05) is 22.3 Å².